The van der Waals surface area contributed by atoms with Gasteiger partial charge in [0.25, 0.3) is 0 Å². The Morgan fingerprint density at radius 2 is 2.27 bits per heavy atom. The maximum atomic E-state index is 12.6. The number of halogens is 2. The van der Waals surface area contributed by atoms with E-state index in [9.17, 15) is 10.1 Å². The molecule has 2 fully saturated rings. The molecule has 22 heavy (non-hydrogen) atoms. The van der Waals surface area contributed by atoms with Gasteiger partial charge >= 0.3 is 0 Å². The second kappa shape index (κ2) is 6.90. The number of hydrogen-bond acceptors (Lipinski definition) is 3. The summed E-state index contributed by atoms with van der Waals surface area (Å²) in [6, 6.07) is 2.21. The lowest BCUT2D eigenvalue weighted by atomic mass is 9.88. The van der Waals surface area contributed by atoms with Crippen LogP contribution in [0.1, 0.15) is 42.5 Å². The molecule has 1 amide bonds. The van der Waals surface area contributed by atoms with Crippen LogP contribution in [0.5, 0.6) is 0 Å². The van der Waals surface area contributed by atoms with Crippen LogP contribution < -0.4 is 5.32 Å². The van der Waals surface area contributed by atoms with E-state index in [0.29, 0.717) is 22.4 Å². The van der Waals surface area contributed by atoms with E-state index in [1.807, 2.05) is 0 Å². The zero-order valence-corrected chi connectivity index (χ0v) is 15.4. The van der Waals surface area contributed by atoms with Gasteiger partial charge < -0.3 is 5.32 Å². The van der Waals surface area contributed by atoms with Crippen molar-refractivity contribution in [1.82, 2.24) is 0 Å². The van der Waals surface area contributed by atoms with Crippen molar-refractivity contribution in [3.63, 3.8) is 0 Å². The third-order valence-electron chi connectivity index (χ3n) is 4.88. The van der Waals surface area contributed by atoms with Gasteiger partial charge in [0, 0.05) is 16.7 Å². The largest absolute Gasteiger partial charge is 0.316 e. The number of aryl methyl sites for hydroxylation is 1. The van der Waals surface area contributed by atoms with E-state index >= 15 is 0 Å². The summed E-state index contributed by atoms with van der Waals surface area (Å²) < 4.78 is 0.813. The molecule has 2 saturated carbocycles. The number of rotatable bonds is 5. The molecular weight excluding hydrogens is 384 g/mol. The number of nitrogens with zero attached hydrogens (tertiary/aromatic N) is 1. The predicted molar refractivity (Wildman–Crippen MR) is 93.3 cm³/mol. The smallest absolute Gasteiger partial charge is 0.228 e. The SMILES string of the molecule is N#Cc1c(NC(=O)[C@@H]2C[C@H]3CC[C@H]2C3)sc(CCCCl)c1Br. The Kier molecular flexibility index (Phi) is 5.11. The summed E-state index contributed by atoms with van der Waals surface area (Å²) in [7, 11) is 0. The fourth-order valence-corrected chi connectivity index (χ4v) is 5.88. The quantitative estimate of drug-likeness (QED) is 0.711. The Morgan fingerprint density at radius 3 is 2.86 bits per heavy atom. The number of carbonyl (C=O) groups excluding carboxylic acids is 1. The Balaban J connectivity index is 1.74. The minimum Gasteiger partial charge on any atom is -0.316 e. The molecule has 0 spiro atoms. The monoisotopic (exact) mass is 400 g/mol. The molecule has 118 valence electrons. The first kappa shape index (κ1) is 16.3. The van der Waals surface area contributed by atoms with Crippen LogP contribution in [0.3, 0.4) is 0 Å². The molecule has 1 N–H and O–H groups in total. The fourth-order valence-electron chi connectivity index (χ4n) is 3.80. The van der Waals surface area contributed by atoms with Gasteiger partial charge in [-0.15, -0.1) is 22.9 Å². The second-order valence-corrected chi connectivity index (χ2v) is 8.49. The summed E-state index contributed by atoms with van der Waals surface area (Å²) in [5.41, 5.74) is 0.547. The van der Waals surface area contributed by atoms with Crippen molar-refractivity contribution in [1.29, 1.82) is 5.26 Å². The van der Waals surface area contributed by atoms with Crippen LogP contribution >= 0.6 is 38.9 Å². The zero-order chi connectivity index (χ0) is 15.7. The van der Waals surface area contributed by atoms with E-state index in [2.05, 4.69) is 27.3 Å². The van der Waals surface area contributed by atoms with Crippen LogP contribution in [0.15, 0.2) is 4.47 Å². The molecule has 1 heterocycles. The van der Waals surface area contributed by atoms with E-state index < -0.39 is 0 Å². The van der Waals surface area contributed by atoms with Gasteiger partial charge in [0.2, 0.25) is 5.91 Å². The molecule has 3 nitrogen and oxygen atoms in total. The first-order chi connectivity index (χ1) is 10.6. The number of alkyl halides is 1. The van der Waals surface area contributed by atoms with E-state index in [1.54, 1.807) is 0 Å². The van der Waals surface area contributed by atoms with Gasteiger partial charge in [-0.3, -0.25) is 4.79 Å². The number of amides is 1. The highest BCUT2D eigenvalue weighted by Gasteiger charge is 2.43. The maximum absolute atomic E-state index is 12.6. The lowest BCUT2D eigenvalue weighted by Gasteiger charge is -2.20. The highest BCUT2D eigenvalue weighted by molar-refractivity contribution is 9.10. The normalized spacial score (nSPS) is 26.1. The number of carbonyl (C=O) groups is 1. The fraction of sp³-hybridized carbons (Fsp3) is 0.625. The lowest BCUT2D eigenvalue weighted by Crippen LogP contribution is -2.27. The predicted octanol–water partition coefficient (Wildman–Crippen LogP) is 4.93. The highest BCUT2D eigenvalue weighted by Crippen LogP contribution is 2.49. The van der Waals surface area contributed by atoms with Gasteiger partial charge in [-0.2, -0.15) is 5.26 Å². The van der Waals surface area contributed by atoms with E-state index in [-0.39, 0.29) is 11.8 Å². The first-order valence-electron chi connectivity index (χ1n) is 7.72. The summed E-state index contributed by atoms with van der Waals surface area (Å²) in [5, 5.41) is 13.1. The molecule has 3 rings (SSSR count). The van der Waals surface area contributed by atoms with Crippen molar-refractivity contribution in [3.05, 3.63) is 14.9 Å². The average Bonchev–Trinajstić information content (AvgIpc) is 3.20. The van der Waals surface area contributed by atoms with Crippen molar-refractivity contribution in [2.45, 2.75) is 38.5 Å². The van der Waals surface area contributed by atoms with Gasteiger partial charge in [-0.25, -0.2) is 0 Å². The van der Waals surface area contributed by atoms with Gasteiger partial charge in [-0.1, -0.05) is 6.42 Å². The molecule has 0 aromatic carbocycles. The number of thiophene rings is 1. The molecule has 0 radical (unpaired) electrons. The van der Waals surface area contributed by atoms with E-state index in [4.69, 9.17) is 11.6 Å². The van der Waals surface area contributed by atoms with Crippen molar-refractivity contribution >= 4 is 49.8 Å². The number of fused-ring (bicyclic) bond motifs is 2. The standard InChI is InChI=1S/C16H18BrClN2OS/c17-14-12(8-19)16(22-13(14)2-1-5-18)20-15(21)11-7-9-3-4-10(11)6-9/h9-11H,1-7H2,(H,20,21)/t9-,10-,11+/m0/s1. The molecule has 0 unspecified atom stereocenters. The summed E-state index contributed by atoms with van der Waals surface area (Å²) in [4.78, 5) is 13.6. The van der Waals surface area contributed by atoms with E-state index in [1.165, 1.54) is 30.6 Å². The van der Waals surface area contributed by atoms with Gasteiger partial charge in [0.05, 0.1) is 4.47 Å². The second-order valence-electron chi connectivity index (χ2n) is 6.22. The highest BCUT2D eigenvalue weighted by atomic mass is 79.9. The molecule has 1 aromatic heterocycles. The van der Waals surface area contributed by atoms with Gasteiger partial charge in [0.1, 0.15) is 16.6 Å². The summed E-state index contributed by atoms with van der Waals surface area (Å²) in [6.45, 7) is 0. The summed E-state index contributed by atoms with van der Waals surface area (Å²) in [6.07, 6.45) is 6.38. The van der Waals surface area contributed by atoms with Crippen molar-refractivity contribution in [2.24, 2.45) is 17.8 Å². The van der Waals surface area contributed by atoms with Crippen LogP contribution in [0, 0.1) is 29.1 Å². The summed E-state index contributed by atoms with van der Waals surface area (Å²) >= 11 is 10.7. The molecule has 2 bridgehead atoms. The first-order valence-corrected chi connectivity index (χ1v) is 9.86. The molecule has 2 aliphatic carbocycles. The van der Waals surface area contributed by atoms with Crippen LogP contribution in [-0.2, 0) is 11.2 Å². The molecule has 0 aliphatic heterocycles. The van der Waals surface area contributed by atoms with Crippen molar-refractivity contribution < 1.29 is 4.79 Å². The minimum atomic E-state index is 0.0985. The molecule has 2 aliphatic rings. The number of nitriles is 1. The molecule has 0 saturated heterocycles. The zero-order valence-electron chi connectivity index (χ0n) is 12.2. The van der Waals surface area contributed by atoms with Crippen molar-refractivity contribution in [2.75, 3.05) is 11.2 Å². The van der Waals surface area contributed by atoms with Crippen LogP contribution in [0.4, 0.5) is 5.00 Å². The molecule has 1 aromatic rings. The maximum Gasteiger partial charge on any atom is 0.228 e. The Hall–Kier alpha value is -0.570. The number of hydrogen-bond donors (Lipinski definition) is 1. The number of nitrogens with one attached hydrogen (secondary N) is 1. The number of anilines is 1. The minimum absolute atomic E-state index is 0.0985. The van der Waals surface area contributed by atoms with Gasteiger partial charge in [0.15, 0.2) is 0 Å². The lowest BCUT2D eigenvalue weighted by molar-refractivity contribution is -0.121. The average molecular weight is 402 g/mol. The Bertz CT molecular complexity index is 624. The molecular formula is C16H18BrClN2OS. The third-order valence-corrected chi connectivity index (χ3v) is 7.45. The molecule has 3 atom stereocenters. The van der Waals surface area contributed by atoms with Crippen molar-refractivity contribution in [3.8, 4) is 6.07 Å². The summed E-state index contributed by atoms with van der Waals surface area (Å²) in [5.74, 6) is 2.12. The Morgan fingerprint density at radius 1 is 1.45 bits per heavy atom. The van der Waals surface area contributed by atoms with Crippen LogP contribution in [0.25, 0.3) is 0 Å². The van der Waals surface area contributed by atoms with Crippen LogP contribution in [-0.4, -0.2) is 11.8 Å². The molecule has 6 heteroatoms. The Labute approximate surface area is 148 Å². The van der Waals surface area contributed by atoms with Gasteiger partial charge in [-0.05, 0) is 59.9 Å². The van der Waals surface area contributed by atoms with Crippen LogP contribution in [0.2, 0.25) is 0 Å². The topological polar surface area (TPSA) is 52.9 Å². The third kappa shape index (κ3) is 3.06. The van der Waals surface area contributed by atoms with E-state index in [0.717, 1.165) is 34.5 Å².